The van der Waals surface area contributed by atoms with Crippen molar-refractivity contribution >= 4 is 52.6 Å². The van der Waals surface area contributed by atoms with E-state index in [2.05, 4.69) is 5.32 Å². The van der Waals surface area contributed by atoms with Gasteiger partial charge < -0.3 is 10.1 Å². The standard InChI is InChI=1S/C24H16Cl2N2O5/c25-18-7-4-8-19(21(18)26)27-20(29)13-33-24(32)15-9-10-16-17(11-15)23(31)28(22(16)30)12-14-5-2-1-3-6-14/h1-11H,12-13H2,(H,27,29). The maximum Gasteiger partial charge on any atom is 0.338 e. The van der Waals surface area contributed by atoms with Crippen LogP contribution in [0, 0.1) is 0 Å². The van der Waals surface area contributed by atoms with Gasteiger partial charge in [0.1, 0.15) is 0 Å². The van der Waals surface area contributed by atoms with Crippen LogP contribution in [0.25, 0.3) is 0 Å². The number of rotatable bonds is 6. The molecule has 0 radical (unpaired) electrons. The second kappa shape index (κ2) is 9.44. The molecule has 0 saturated heterocycles. The Bertz CT molecular complexity index is 1280. The molecule has 0 atom stereocenters. The number of ether oxygens (including phenoxy) is 1. The molecule has 0 saturated carbocycles. The van der Waals surface area contributed by atoms with Gasteiger partial charge in [-0.3, -0.25) is 19.3 Å². The smallest absolute Gasteiger partial charge is 0.338 e. The summed E-state index contributed by atoms with van der Waals surface area (Å²) in [6.45, 7) is -0.453. The average molecular weight is 483 g/mol. The van der Waals surface area contributed by atoms with Crippen LogP contribution in [0.15, 0.2) is 66.7 Å². The molecule has 33 heavy (non-hydrogen) atoms. The van der Waals surface area contributed by atoms with Crippen LogP contribution >= 0.6 is 23.2 Å². The van der Waals surface area contributed by atoms with Crippen molar-refractivity contribution in [1.82, 2.24) is 4.90 Å². The van der Waals surface area contributed by atoms with Crippen molar-refractivity contribution in [3.8, 4) is 0 Å². The topological polar surface area (TPSA) is 92.8 Å². The summed E-state index contributed by atoms with van der Waals surface area (Å²) in [6, 6.07) is 17.9. The fourth-order valence-corrected chi connectivity index (χ4v) is 3.68. The minimum atomic E-state index is -0.813. The van der Waals surface area contributed by atoms with Crippen molar-refractivity contribution in [2.75, 3.05) is 11.9 Å². The van der Waals surface area contributed by atoms with Crippen molar-refractivity contribution in [2.24, 2.45) is 0 Å². The molecule has 166 valence electrons. The van der Waals surface area contributed by atoms with Crippen molar-refractivity contribution < 1.29 is 23.9 Å². The number of halogens is 2. The molecule has 4 rings (SSSR count). The molecule has 3 amide bonds. The average Bonchev–Trinajstić information content (AvgIpc) is 3.05. The zero-order valence-corrected chi connectivity index (χ0v) is 18.5. The van der Waals surface area contributed by atoms with Crippen molar-refractivity contribution in [1.29, 1.82) is 0 Å². The van der Waals surface area contributed by atoms with Crippen molar-refractivity contribution in [3.63, 3.8) is 0 Å². The lowest BCUT2D eigenvalue weighted by Crippen LogP contribution is -2.29. The van der Waals surface area contributed by atoms with Crippen LogP contribution in [0.4, 0.5) is 5.69 Å². The molecule has 0 spiro atoms. The molecule has 0 aliphatic carbocycles. The number of nitrogens with zero attached hydrogens (tertiary/aromatic N) is 1. The van der Waals surface area contributed by atoms with Gasteiger partial charge in [0.2, 0.25) is 0 Å². The summed E-state index contributed by atoms with van der Waals surface area (Å²) < 4.78 is 5.04. The van der Waals surface area contributed by atoms with Gasteiger partial charge >= 0.3 is 5.97 Å². The van der Waals surface area contributed by atoms with Gasteiger partial charge in [-0.1, -0.05) is 59.6 Å². The Morgan fingerprint density at radius 3 is 2.36 bits per heavy atom. The van der Waals surface area contributed by atoms with E-state index >= 15 is 0 Å². The van der Waals surface area contributed by atoms with E-state index in [0.29, 0.717) is 0 Å². The Hall–Kier alpha value is -3.68. The normalized spacial score (nSPS) is 12.5. The van der Waals surface area contributed by atoms with Gasteiger partial charge in [-0.15, -0.1) is 0 Å². The van der Waals surface area contributed by atoms with Crippen LogP contribution < -0.4 is 5.32 Å². The number of amides is 3. The summed E-state index contributed by atoms with van der Waals surface area (Å²) in [7, 11) is 0. The molecule has 1 aliphatic heterocycles. The van der Waals surface area contributed by atoms with Gasteiger partial charge in [0.25, 0.3) is 17.7 Å². The molecule has 0 unspecified atom stereocenters. The summed E-state index contributed by atoms with van der Waals surface area (Å²) in [4.78, 5) is 51.1. The van der Waals surface area contributed by atoms with Crippen LogP contribution in [-0.2, 0) is 16.1 Å². The van der Waals surface area contributed by atoms with E-state index in [9.17, 15) is 19.2 Å². The first-order valence-electron chi connectivity index (χ1n) is 9.80. The minimum Gasteiger partial charge on any atom is -0.452 e. The molecule has 0 fully saturated rings. The second-order valence-electron chi connectivity index (χ2n) is 7.17. The highest BCUT2D eigenvalue weighted by Gasteiger charge is 2.36. The van der Waals surface area contributed by atoms with Crippen LogP contribution in [0.2, 0.25) is 10.0 Å². The van der Waals surface area contributed by atoms with Gasteiger partial charge in [0, 0.05) is 0 Å². The van der Waals surface area contributed by atoms with Crippen LogP contribution in [-0.4, -0.2) is 35.2 Å². The van der Waals surface area contributed by atoms with E-state index in [1.165, 1.54) is 18.2 Å². The number of fused-ring (bicyclic) bond motifs is 1. The summed E-state index contributed by atoms with van der Waals surface area (Å²) >= 11 is 11.9. The van der Waals surface area contributed by atoms with E-state index in [1.807, 2.05) is 30.3 Å². The molecule has 9 heteroatoms. The summed E-state index contributed by atoms with van der Waals surface area (Å²) in [5.74, 6) is -2.36. The van der Waals surface area contributed by atoms with Gasteiger partial charge in [0.15, 0.2) is 6.61 Å². The van der Waals surface area contributed by atoms with E-state index in [-0.39, 0.29) is 39.0 Å². The zero-order valence-electron chi connectivity index (χ0n) is 17.0. The SMILES string of the molecule is O=C(COC(=O)c1ccc2c(c1)C(=O)N(Cc1ccccc1)C2=O)Nc1cccc(Cl)c1Cl. The molecule has 0 aromatic heterocycles. The van der Waals surface area contributed by atoms with E-state index in [4.69, 9.17) is 27.9 Å². The molecule has 7 nitrogen and oxygen atoms in total. The molecule has 3 aromatic carbocycles. The lowest BCUT2D eigenvalue weighted by Gasteiger charge is -2.13. The number of esters is 1. The van der Waals surface area contributed by atoms with E-state index in [0.717, 1.165) is 10.5 Å². The molecule has 1 N–H and O–H groups in total. The highest BCUT2D eigenvalue weighted by atomic mass is 35.5. The van der Waals surface area contributed by atoms with Crippen LogP contribution in [0.3, 0.4) is 0 Å². The number of carbonyl (C=O) groups is 4. The van der Waals surface area contributed by atoms with Crippen LogP contribution in [0.1, 0.15) is 36.6 Å². The van der Waals surface area contributed by atoms with E-state index < -0.39 is 30.3 Å². The van der Waals surface area contributed by atoms with E-state index in [1.54, 1.807) is 18.2 Å². The number of hydrogen-bond acceptors (Lipinski definition) is 5. The van der Waals surface area contributed by atoms with Gasteiger partial charge in [-0.2, -0.15) is 0 Å². The number of anilines is 1. The number of benzene rings is 3. The highest BCUT2D eigenvalue weighted by molar-refractivity contribution is 6.44. The summed E-state index contributed by atoms with van der Waals surface area (Å²) in [5.41, 5.74) is 1.45. The third-order valence-corrected chi connectivity index (χ3v) is 5.77. The summed E-state index contributed by atoms with van der Waals surface area (Å²) in [5, 5.41) is 2.94. The maximum atomic E-state index is 12.8. The number of imide groups is 1. The number of carbonyl (C=O) groups excluding carboxylic acids is 4. The Morgan fingerprint density at radius 2 is 1.61 bits per heavy atom. The third-order valence-electron chi connectivity index (χ3n) is 4.95. The Morgan fingerprint density at radius 1 is 0.879 bits per heavy atom. The first-order valence-corrected chi connectivity index (χ1v) is 10.6. The molecule has 3 aromatic rings. The summed E-state index contributed by atoms with van der Waals surface area (Å²) in [6.07, 6.45) is 0. The number of nitrogens with one attached hydrogen (secondary N) is 1. The molecular weight excluding hydrogens is 467 g/mol. The highest BCUT2D eigenvalue weighted by Crippen LogP contribution is 2.29. The largest absolute Gasteiger partial charge is 0.452 e. The predicted molar refractivity (Wildman–Crippen MR) is 122 cm³/mol. The monoisotopic (exact) mass is 482 g/mol. The fourth-order valence-electron chi connectivity index (χ4n) is 3.33. The van der Waals surface area contributed by atoms with Crippen molar-refractivity contribution in [3.05, 3.63) is 99.0 Å². The van der Waals surface area contributed by atoms with Crippen LogP contribution in [0.5, 0.6) is 0 Å². The lowest BCUT2D eigenvalue weighted by molar-refractivity contribution is -0.119. The molecule has 1 aliphatic rings. The van der Waals surface area contributed by atoms with Gasteiger partial charge in [-0.25, -0.2) is 4.79 Å². The van der Waals surface area contributed by atoms with Crippen molar-refractivity contribution in [2.45, 2.75) is 6.54 Å². The Kier molecular flexibility index (Phi) is 6.44. The third kappa shape index (κ3) is 4.74. The first kappa shape index (κ1) is 22.5. The minimum absolute atomic E-state index is 0.0463. The fraction of sp³-hybridized carbons (Fsp3) is 0.0833. The molecular formula is C24H16Cl2N2O5. The molecule has 1 heterocycles. The van der Waals surface area contributed by atoms with Gasteiger partial charge in [0.05, 0.1) is 39.0 Å². The second-order valence-corrected chi connectivity index (χ2v) is 7.95. The zero-order chi connectivity index (χ0) is 23.5. The van der Waals surface area contributed by atoms with Gasteiger partial charge in [-0.05, 0) is 35.9 Å². The number of hydrogen-bond donors (Lipinski definition) is 1. The lowest BCUT2D eigenvalue weighted by atomic mass is 10.1. The predicted octanol–water partition coefficient (Wildman–Crippen LogP) is 4.59. The molecule has 0 bridgehead atoms. The quantitative estimate of drug-likeness (QED) is 0.409. The first-order chi connectivity index (χ1) is 15.8. The Labute approximate surface area is 198 Å². The maximum absolute atomic E-state index is 12.8. The Balaban J connectivity index is 1.41.